The number of ether oxygens (including phenoxy) is 7. The number of rotatable bonds is 37. The predicted octanol–water partition coefficient (Wildman–Crippen LogP) is 30.3. The fraction of sp³-hybridized carbons (Fsp3) is 0.316. The van der Waals surface area contributed by atoms with Crippen LogP contribution >= 0.6 is 15.9 Å². The summed E-state index contributed by atoms with van der Waals surface area (Å²) in [6.45, 7) is 26.0. The number of methoxy groups -OCH3 is 1. The monoisotopic (exact) mass is 1890 g/mol. The first-order chi connectivity index (χ1) is 64.6. The summed E-state index contributed by atoms with van der Waals surface area (Å²) >= 11 is 3.88. The topological polar surface area (TPSA) is 208 Å². The zero-order valence-electron chi connectivity index (χ0n) is 79.4. The first kappa shape index (κ1) is 98.1. The summed E-state index contributed by atoms with van der Waals surface area (Å²) in [4.78, 5) is 44.5. The van der Waals surface area contributed by atoms with Crippen molar-refractivity contribution >= 4 is 109 Å². The van der Waals surface area contributed by atoms with Gasteiger partial charge in [0.25, 0.3) is 0 Å². The molecule has 17 nitrogen and oxygen atoms in total. The molecule has 17 rings (SSSR count). The molecule has 8 aromatic heterocycles. The Morgan fingerprint density at radius 2 is 0.639 bits per heavy atom. The fourth-order valence-electron chi connectivity index (χ4n) is 16.4. The van der Waals surface area contributed by atoms with E-state index in [0.717, 1.165) is 298 Å². The van der Waals surface area contributed by atoms with Gasteiger partial charge < -0.3 is 63.1 Å². The second-order valence-corrected chi connectivity index (χ2v) is 35.0. The summed E-state index contributed by atoms with van der Waals surface area (Å²) in [6, 6.07) is 62.6. The number of aryl methyl sites for hydroxylation is 4. The summed E-state index contributed by atoms with van der Waals surface area (Å²) < 4.78 is 42.5. The maximum atomic E-state index is 6.22. The Balaban J connectivity index is 0.000000170. The molecule has 4 N–H and O–H groups in total. The normalized spacial score (nSPS) is 11.6. The Kier molecular flexibility index (Phi) is 36.8. The van der Waals surface area contributed by atoms with E-state index in [1.165, 1.54) is 49.9 Å². The SMILES string of the molecule is CCCCCOc1cc(C)cc(-c2c3nc(c(Br)c4ccc([n-]4)c(-c4cc(C)cc(OCCCCC)c4)c4nc(cc5ccc2[n-]5)C=C4)C=C3)c1.CCCCCOc1cc(C)cc(-c2c3nc(cc4ccc([nH]4)c(-c4cc(C)cc(OCCCCC)c4)c4nc(cc5ccc2[nH]5)C=C4)C=C3)c1.CCCCCOc1cc(OC)cc(OCCCCC)c1.[Zn+2].c1c[nH]c(Cc2ccc[nH]2)c1. The molecule has 12 heterocycles. The van der Waals surface area contributed by atoms with Crippen LogP contribution in [0.4, 0.5) is 0 Å². The zero-order valence-corrected chi connectivity index (χ0v) is 84.0. The Morgan fingerprint density at radius 3 is 1.02 bits per heavy atom. The van der Waals surface area contributed by atoms with Crippen LogP contribution in [0, 0.1) is 27.7 Å². The Hall–Kier alpha value is -12.4. The molecule has 13 aromatic rings. The molecule has 0 amide bonds. The Morgan fingerprint density at radius 1 is 0.308 bits per heavy atom. The van der Waals surface area contributed by atoms with E-state index in [2.05, 4.69) is 275 Å². The maximum absolute atomic E-state index is 6.22. The summed E-state index contributed by atoms with van der Waals surface area (Å²) in [5, 5.41) is 0. The number of nitrogens with zero attached hydrogens (tertiary/aromatic N) is 6. The molecule has 0 atom stereocenters. The molecule has 5 aromatic carbocycles. The molecule has 16 bridgehead atoms. The molecule has 19 heteroatoms. The van der Waals surface area contributed by atoms with Crippen LogP contribution in [0.1, 0.15) is 236 Å². The Bertz CT molecular complexity index is 6230. The molecule has 684 valence electrons. The van der Waals surface area contributed by atoms with Gasteiger partial charge in [-0.25, -0.2) is 19.9 Å². The van der Waals surface area contributed by atoms with E-state index in [4.69, 9.17) is 63.1 Å². The van der Waals surface area contributed by atoms with E-state index in [-0.39, 0.29) is 19.5 Å². The number of nitrogens with one attached hydrogen (secondary N) is 4. The molecule has 133 heavy (non-hydrogen) atoms. The van der Waals surface area contributed by atoms with Gasteiger partial charge in [-0.2, -0.15) is 0 Å². The summed E-state index contributed by atoms with van der Waals surface area (Å²) in [5.41, 5.74) is 29.2. The predicted molar refractivity (Wildman–Crippen MR) is 552 cm³/mol. The van der Waals surface area contributed by atoms with Gasteiger partial charge >= 0.3 is 19.5 Å². The largest absolute Gasteiger partial charge is 2.00 e. The van der Waals surface area contributed by atoms with Crippen LogP contribution in [0.5, 0.6) is 40.2 Å². The van der Waals surface area contributed by atoms with Crippen molar-refractivity contribution in [3.05, 3.63) is 278 Å². The molecule has 0 spiro atoms. The van der Waals surface area contributed by atoms with Gasteiger partial charge in [-0.05, 0) is 296 Å². The van der Waals surface area contributed by atoms with Crippen LogP contribution in [0.25, 0.3) is 137 Å². The van der Waals surface area contributed by atoms with Gasteiger partial charge in [-0.15, -0.1) is 22.1 Å². The molecule has 4 aliphatic rings. The van der Waals surface area contributed by atoms with Crippen molar-refractivity contribution < 1.29 is 52.6 Å². The molecule has 0 aliphatic carbocycles. The van der Waals surface area contributed by atoms with Crippen LogP contribution < -0.4 is 43.1 Å². The molecule has 0 unspecified atom stereocenters. The quantitative estimate of drug-likeness (QED) is 0.0211. The van der Waals surface area contributed by atoms with Crippen LogP contribution in [0.15, 0.2) is 199 Å². The molecular weight excluding hydrogens is 1770 g/mol. The second-order valence-electron chi connectivity index (χ2n) is 34.2. The second kappa shape index (κ2) is 49.9. The summed E-state index contributed by atoms with van der Waals surface area (Å²) in [6.07, 6.45) is 41.8. The third-order valence-electron chi connectivity index (χ3n) is 23.0. The number of benzene rings is 5. The van der Waals surface area contributed by atoms with Crippen LogP contribution in [0.2, 0.25) is 0 Å². The number of aromatic nitrogens is 10. The van der Waals surface area contributed by atoms with E-state index >= 15 is 0 Å². The van der Waals surface area contributed by atoms with E-state index in [9.17, 15) is 0 Å². The number of hydrogen-bond acceptors (Lipinski definition) is 11. The van der Waals surface area contributed by atoms with E-state index in [1.807, 2.05) is 73.1 Å². The number of H-pyrrole nitrogens is 4. The number of aromatic amines is 4. The van der Waals surface area contributed by atoms with Crippen molar-refractivity contribution in [3.8, 4) is 84.8 Å². The third kappa shape index (κ3) is 27.9. The molecule has 0 fully saturated rings. The van der Waals surface area contributed by atoms with Gasteiger partial charge in [-0.3, -0.25) is 0 Å². The minimum atomic E-state index is 0. The summed E-state index contributed by atoms with van der Waals surface area (Å²) in [7, 11) is 1.66. The van der Waals surface area contributed by atoms with Gasteiger partial charge in [-0.1, -0.05) is 173 Å². The molecular formula is C114H127BrN10O7Zn. The van der Waals surface area contributed by atoms with E-state index < -0.39 is 0 Å². The van der Waals surface area contributed by atoms with E-state index in [0.29, 0.717) is 26.4 Å². The van der Waals surface area contributed by atoms with Crippen molar-refractivity contribution in [3.63, 3.8) is 0 Å². The molecule has 0 saturated heterocycles. The fourth-order valence-corrected chi connectivity index (χ4v) is 16.8. The zero-order chi connectivity index (χ0) is 91.9. The molecule has 0 saturated carbocycles. The standard InChI is InChI=1S/C44H43BrN4O2.C44H46N4O2.C17H28O3.C9H10N2.Zn/c1-5-7-9-19-50-34-23-28(3)21-30(25-34)42-36-13-11-32(46-36)27-33-12-14-37(47-33)43(31-22-29(4)24-35(26-31)51-20-10-8-6-2)39-16-18-41(49-39)44(45)40-17-15-38(42)48-40;1-5-7-9-19-49-37-23-29(3)21-31(25-37)43-39-15-11-33(45-39)27-35-13-17-41(47-35)44(32-22-30(4)24-38(26-32)50-20-10-8-6-2)42-18-14-36(48-42)28-34-12-16-40(43)46-34;1-4-6-8-10-19-16-12-15(18-3)13-17(14-16)20-11-9-7-5-2;1-3-8(10-5-1)7-9-4-2-6-11-9;/h11-18,21-27H,5-10,19-20H2,1-4H3;11-18,21-28,45,48H,5-10,19-20H2,1-4H3;12-14H,4-11H2,1-3H3;1-6,10-11H,7H2;/q-2;;;;+2. The first-order valence-electron chi connectivity index (χ1n) is 47.6. The van der Waals surface area contributed by atoms with Crippen molar-refractivity contribution in [1.82, 2.24) is 49.8 Å². The smallest absolute Gasteiger partial charge is 0.657 e. The first-order valence-corrected chi connectivity index (χ1v) is 48.3. The van der Waals surface area contributed by atoms with Gasteiger partial charge in [0.15, 0.2) is 0 Å². The number of unbranched alkanes of at least 4 members (excludes halogenated alkanes) is 12. The van der Waals surface area contributed by atoms with Crippen molar-refractivity contribution in [2.24, 2.45) is 0 Å². The average molecular weight is 1890 g/mol. The number of fused-ring (bicyclic) bond motifs is 16. The van der Waals surface area contributed by atoms with E-state index in [1.54, 1.807) is 7.11 Å². The van der Waals surface area contributed by atoms with Gasteiger partial charge in [0, 0.05) is 86.1 Å². The van der Waals surface area contributed by atoms with Crippen LogP contribution in [-0.2, 0) is 25.9 Å². The van der Waals surface area contributed by atoms with Crippen molar-refractivity contribution in [2.75, 3.05) is 46.8 Å². The van der Waals surface area contributed by atoms with Crippen LogP contribution in [-0.4, -0.2) is 86.6 Å². The Labute approximate surface area is 806 Å². The number of halogens is 1. The van der Waals surface area contributed by atoms with Gasteiger partial charge in [0.05, 0.1) is 92.3 Å². The number of hydrogen-bond donors (Lipinski definition) is 4. The average Bonchev–Trinajstić information content (AvgIpc) is 1.64. The maximum Gasteiger partial charge on any atom is 2.00 e. The molecule has 0 radical (unpaired) electrons. The minimum Gasteiger partial charge on any atom is -0.657 e. The van der Waals surface area contributed by atoms with Crippen LogP contribution in [0.3, 0.4) is 0 Å². The van der Waals surface area contributed by atoms with Gasteiger partial charge in [0.2, 0.25) is 0 Å². The minimum absolute atomic E-state index is 0. The summed E-state index contributed by atoms with van der Waals surface area (Å²) in [5.74, 6) is 5.92. The molecule has 4 aliphatic heterocycles. The third-order valence-corrected chi connectivity index (χ3v) is 23.8. The van der Waals surface area contributed by atoms with Crippen molar-refractivity contribution in [2.45, 2.75) is 191 Å². The van der Waals surface area contributed by atoms with Crippen molar-refractivity contribution in [1.29, 1.82) is 0 Å². The van der Waals surface area contributed by atoms with Gasteiger partial charge in [0.1, 0.15) is 40.2 Å².